The number of carbonyl (C=O) groups excluding carboxylic acids is 1. The Labute approximate surface area is 146 Å². The first-order valence-electron chi connectivity index (χ1n) is 9.22. The number of amides is 2. The normalized spacial score (nSPS) is 28.3. The third-order valence-electron chi connectivity index (χ3n) is 5.36. The molecule has 2 aliphatic rings. The fraction of sp³-hybridized carbons (Fsp3) is 0.941. The van der Waals surface area contributed by atoms with Crippen molar-refractivity contribution in [3.63, 3.8) is 0 Å². The molecule has 1 atom stereocenters. The largest absolute Gasteiger partial charge is 0.335 e. The standard InChI is InChI=1S/C17H33N3O3S/c1-4-10-19(2)12-14-9-11-20(13-14)17(21)18-15-5-7-16(8-6-15)24(3,22)23/h14-16H,4-13H2,1-3H3,(H,18,21). The number of hydrogen-bond donors (Lipinski definition) is 1. The minimum absolute atomic E-state index is 0.0263. The molecule has 1 saturated carbocycles. The zero-order chi connectivity index (χ0) is 17.7. The van der Waals surface area contributed by atoms with Gasteiger partial charge in [-0.25, -0.2) is 13.2 Å². The average molecular weight is 360 g/mol. The second kappa shape index (κ2) is 8.52. The van der Waals surface area contributed by atoms with Gasteiger partial charge in [0.15, 0.2) is 0 Å². The number of rotatable bonds is 6. The summed E-state index contributed by atoms with van der Waals surface area (Å²) in [7, 11) is -0.800. The van der Waals surface area contributed by atoms with Crippen molar-refractivity contribution >= 4 is 15.9 Å². The van der Waals surface area contributed by atoms with Crippen LogP contribution in [0, 0.1) is 5.92 Å². The smallest absolute Gasteiger partial charge is 0.317 e. The third kappa shape index (κ3) is 5.62. The summed E-state index contributed by atoms with van der Waals surface area (Å²) in [5.41, 5.74) is 0. The van der Waals surface area contributed by atoms with Crippen LogP contribution in [-0.2, 0) is 9.84 Å². The molecule has 2 rings (SSSR count). The molecule has 1 heterocycles. The van der Waals surface area contributed by atoms with Gasteiger partial charge in [-0.2, -0.15) is 0 Å². The van der Waals surface area contributed by atoms with E-state index in [4.69, 9.17) is 0 Å². The Morgan fingerprint density at radius 3 is 2.46 bits per heavy atom. The topological polar surface area (TPSA) is 69.7 Å². The molecule has 24 heavy (non-hydrogen) atoms. The Hall–Kier alpha value is -0.820. The fourth-order valence-corrected chi connectivity index (χ4v) is 5.11. The highest BCUT2D eigenvalue weighted by Crippen LogP contribution is 2.24. The van der Waals surface area contributed by atoms with E-state index in [0.717, 1.165) is 51.9 Å². The summed E-state index contributed by atoms with van der Waals surface area (Å²) in [5, 5.41) is 2.88. The number of urea groups is 1. The zero-order valence-corrected chi connectivity index (χ0v) is 16.1. The van der Waals surface area contributed by atoms with Crippen molar-refractivity contribution in [3.05, 3.63) is 0 Å². The van der Waals surface area contributed by atoms with Gasteiger partial charge in [0.1, 0.15) is 9.84 Å². The Morgan fingerprint density at radius 2 is 1.88 bits per heavy atom. The third-order valence-corrected chi connectivity index (χ3v) is 7.04. The minimum atomic E-state index is -2.94. The van der Waals surface area contributed by atoms with E-state index in [1.54, 1.807) is 0 Å². The molecule has 1 N–H and O–H groups in total. The van der Waals surface area contributed by atoms with E-state index in [9.17, 15) is 13.2 Å². The summed E-state index contributed by atoms with van der Waals surface area (Å²) in [4.78, 5) is 16.7. The minimum Gasteiger partial charge on any atom is -0.335 e. The molecule has 1 aliphatic carbocycles. The van der Waals surface area contributed by atoms with Gasteiger partial charge in [0.05, 0.1) is 5.25 Å². The van der Waals surface area contributed by atoms with Gasteiger partial charge in [0.2, 0.25) is 0 Å². The predicted octanol–water partition coefficient (Wildman–Crippen LogP) is 1.72. The first kappa shape index (κ1) is 19.5. The van der Waals surface area contributed by atoms with Crippen molar-refractivity contribution in [1.82, 2.24) is 15.1 Å². The van der Waals surface area contributed by atoms with Gasteiger partial charge in [-0.1, -0.05) is 6.92 Å². The molecule has 6 nitrogen and oxygen atoms in total. The van der Waals surface area contributed by atoms with Crippen LogP contribution in [0.15, 0.2) is 0 Å². The molecular weight excluding hydrogens is 326 g/mol. The van der Waals surface area contributed by atoms with Crippen molar-refractivity contribution in [2.75, 3.05) is 39.5 Å². The summed E-state index contributed by atoms with van der Waals surface area (Å²) >= 11 is 0. The highest BCUT2D eigenvalue weighted by molar-refractivity contribution is 7.91. The van der Waals surface area contributed by atoms with Crippen molar-refractivity contribution in [2.24, 2.45) is 5.92 Å². The molecule has 0 radical (unpaired) electrons. The molecule has 0 aromatic heterocycles. The summed E-state index contributed by atoms with van der Waals surface area (Å²) in [5.74, 6) is 0.563. The first-order chi connectivity index (χ1) is 11.3. The van der Waals surface area contributed by atoms with E-state index >= 15 is 0 Å². The molecule has 0 aromatic carbocycles. The second-order valence-corrected chi connectivity index (χ2v) is 9.94. The van der Waals surface area contributed by atoms with Gasteiger partial charge in [-0.05, 0) is 58.0 Å². The quantitative estimate of drug-likeness (QED) is 0.784. The van der Waals surface area contributed by atoms with Crippen LogP contribution in [0.3, 0.4) is 0 Å². The summed E-state index contributed by atoms with van der Waals surface area (Å²) < 4.78 is 23.2. The van der Waals surface area contributed by atoms with Crippen LogP contribution in [0.4, 0.5) is 4.79 Å². The molecule has 2 fully saturated rings. The van der Waals surface area contributed by atoms with E-state index in [0.29, 0.717) is 18.8 Å². The maximum atomic E-state index is 12.4. The molecule has 140 valence electrons. The summed E-state index contributed by atoms with van der Waals surface area (Å²) in [6.45, 7) is 6.00. The lowest BCUT2D eigenvalue weighted by atomic mass is 9.95. The second-order valence-electron chi connectivity index (χ2n) is 7.62. The number of hydrogen-bond acceptors (Lipinski definition) is 4. The van der Waals surface area contributed by atoms with Crippen molar-refractivity contribution in [2.45, 2.75) is 56.7 Å². The molecule has 0 aromatic rings. The average Bonchev–Trinajstić information content (AvgIpc) is 2.95. The maximum Gasteiger partial charge on any atom is 0.317 e. The lowest BCUT2D eigenvalue weighted by Gasteiger charge is -2.29. The lowest BCUT2D eigenvalue weighted by Crippen LogP contribution is -2.46. The molecule has 0 spiro atoms. The molecule has 1 aliphatic heterocycles. The molecule has 1 unspecified atom stereocenters. The van der Waals surface area contributed by atoms with Crippen LogP contribution in [-0.4, -0.2) is 75.0 Å². The van der Waals surface area contributed by atoms with E-state index in [2.05, 4.69) is 24.2 Å². The summed E-state index contributed by atoms with van der Waals surface area (Å²) in [6, 6.07) is 0.149. The Bertz CT molecular complexity index is 515. The number of sulfone groups is 1. The van der Waals surface area contributed by atoms with Gasteiger partial charge < -0.3 is 15.1 Å². The van der Waals surface area contributed by atoms with Gasteiger partial charge >= 0.3 is 6.03 Å². The number of likely N-dealkylation sites (tertiary alicyclic amines) is 1. The number of nitrogens with one attached hydrogen (secondary N) is 1. The molecule has 0 bridgehead atoms. The Balaban J connectivity index is 1.72. The van der Waals surface area contributed by atoms with Crippen LogP contribution in [0.25, 0.3) is 0 Å². The zero-order valence-electron chi connectivity index (χ0n) is 15.3. The predicted molar refractivity (Wildman–Crippen MR) is 96.9 cm³/mol. The van der Waals surface area contributed by atoms with Crippen LogP contribution in [0.2, 0.25) is 0 Å². The Morgan fingerprint density at radius 1 is 1.21 bits per heavy atom. The molecule has 1 saturated heterocycles. The monoisotopic (exact) mass is 359 g/mol. The molecular formula is C17H33N3O3S. The van der Waals surface area contributed by atoms with Gasteiger partial charge in [0, 0.05) is 31.9 Å². The maximum absolute atomic E-state index is 12.4. The van der Waals surface area contributed by atoms with Crippen molar-refractivity contribution in [1.29, 1.82) is 0 Å². The lowest BCUT2D eigenvalue weighted by molar-refractivity contribution is 0.196. The van der Waals surface area contributed by atoms with E-state index in [-0.39, 0.29) is 17.3 Å². The van der Waals surface area contributed by atoms with E-state index in [1.165, 1.54) is 6.26 Å². The van der Waals surface area contributed by atoms with Crippen LogP contribution in [0.1, 0.15) is 45.4 Å². The van der Waals surface area contributed by atoms with Gasteiger partial charge in [-0.15, -0.1) is 0 Å². The first-order valence-corrected chi connectivity index (χ1v) is 11.2. The van der Waals surface area contributed by atoms with Crippen molar-refractivity contribution < 1.29 is 13.2 Å². The Kier molecular flexibility index (Phi) is 6.92. The fourth-order valence-electron chi connectivity index (χ4n) is 3.98. The van der Waals surface area contributed by atoms with Gasteiger partial charge in [-0.3, -0.25) is 0 Å². The van der Waals surface area contributed by atoms with Crippen molar-refractivity contribution in [3.8, 4) is 0 Å². The van der Waals surface area contributed by atoms with Gasteiger partial charge in [0.25, 0.3) is 0 Å². The SMILES string of the molecule is CCCN(C)CC1CCN(C(=O)NC2CCC(S(C)(=O)=O)CC2)C1. The molecule has 7 heteroatoms. The van der Waals surface area contributed by atoms with E-state index in [1.807, 2.05) is 4.90 Å². The van der Waals surface area contributed by atoms with Crippen LogP contribution in [0.5, 0.6) is 0 Å². The molecule has 2 amide bonds. The number of nitrogens with zero attached hydrogens (tertiary/aromatic N) is 2. The van der Waals surface area contributed by atoms with Crippen LogP contribution < -0.4 is 5.32 Å². The highest BCUT2D eigenvalue weighted by Gasteiger charge is 2.31. The number of carbonyl (C=O) groups is 1. The highest BCUT2D eigenvalue weighted by atomic mass is 32.2. The van der Waals surface area contributed by atoms with Crippen LogP contribution >= 0.6 is 0 Å². The van der Waals surface area contributed by atoms with E-state index < -0.39 is 9.84 Å². The summed E-state index contributed by atoms with van der Waals surface area (Å²) in [6.07, 6.45) is 6.39.